The van der Waals surface area contributed by atoms with Gasteiger partial charge in [-0.05, 0) is 43.3 Å². The van der Waals surface area contributed by atoms with Gasteiger partial charge in [-0.15, -0.1) is 0 Å². The molecule has 0 spiro atoms. The van der Waals surface area contributed by atoms with E-state index in [1.54, 1.807) is 31.2 Å². The van der Waals surface area contributed by atoms with Crippen molar-refractivity contribution in [2.24, 2.45) is 0 Å². The highest BCUT2D eigenvalue weighted by molar-refractivity contribution is 7.92. The number of phenolic OH excluding ortho intramolecular Hbond substituents is 1. The first kappa shape index (κ1) is 18.5. The van der Waals surface area contributed by atoms with Crippen LogP contribution in [0.3, 0.4) is 0 Å². The third-order valence-corrected chi connectivity index (χ3v) is 5.38. The summed E-state index contributed by atoms with van der Waals surface area (Å²) >= 11 is 0. The summed E-state index contributed by atoms with van der Waals surface area (Å²) in [6, 6.07) is 13.5. The van der Waals surface area contributed by atoms with Crippen molar-refractivity contribution in [1.29, 1.82) is 0 Å². The zero-order valence-corrected chi connectivity index (χ0v) is 15.3. The van der Waals surface area contributed by atoms with E-state index >= 15 is 0 Å². The van der Waals surface area contributed by atoms with Crippen LogP contribution < -0.4 is 10.5 Å². The van der Waals surface area contributed by atoms with Crippen LogP contribution in [-0.2, 0) is 14.8 Å². The monoisotopic (exact) mass is 386 g/mol. The molecule has 0 fully saturated rings. The van der Waals surface area contributed by atoms with Gasteiger partial charge >= 0.3 is 5.97 Å². The number of benzene rings is 3. The number of aromatic hydroxyl groups is 1. The Bertz CT molecular complexity index is 1110. The van der Waals surface area contributed by atoms with E-state index in [1.165, 1.54) is 30.3 Å². The molecule has 0 aliphatic rings. The molecule has 0 amide bonds. The van der Waals surface area contributed by atoms with Crippen molar-refractivity contribution in [3.05, 3.63) is 60.2 Å². The van der Waals surface area contributed by atoms with Crippen LogP contribution in [0, 0.1) is 0 Å². The summed E-state index contributed by atoms with van der Waals surface area (Å²) < 4.78 is 32.6. The Morgan fingerprint density at radius 1 is 1.07 bits per heavy atom. The second-order valence-electron chi connectivity index (χ2n) is 5.76. The summed E-state index contributed by atoms with van der Waals surface area (Å²) in [5.74, 6) is -0.868. The van der Waals surface area contributed by atoms with E-state index in [2.05, 4.69) is 4.72 Å². The third kappa shape index (κ3) is 3.65. The van der Waals surface area contributed by atoms with Gasteiger partial charge in [-0.2, -0.15) is 0 Å². The standard InChI is InChI=1S/C19H18N2O5S/c1-2-26-19(23)12-6-8-13(9-7-12)21-27(24,25)17-11-10-14-15(18(17)22)4-3-5-16(14)20/h3-11,21-22H,2,20H2,1H3. The number of nitrogen functional groups attached to an aromatic ring is 1. The molecule has 140 valence electrons. The Balaban J connectivity index is 1.92. The summed E-state index contributed by atoms with van der Waals surface area (Å²) in [7, 11) is -4.05. The SMILES string of the molecule is CCOC(=O)c1ccc(NS(=O)(=O)c2ccc3c(N)cccc3c2O)cc1. The van der Waals surface area contributed by atoms with Gasteiger partial charge in [0.15, 0.2) is 0 Å². The van der Waals surface area contributed by atoms with Crippen LogP contribution in [0.2, 0.25) is 0 Å². The number of phenols is 1. The first-order valence-electron chi connectivity index (χ1n) is 8.13. The van der Waals surface area contributed by atoms with Crippen LogP contribution in [0.4, 0.5) is 11.4 Å². The fraction of sp³-hybridized carbons (Fsp3) is 0.105. The molecule has 0 heterocycles. The molecule has 27 heavy (non-hydrogen) atoms. The minimum atomic E-state index is -4.05. The maximum Gasteiger partial charge on any atom is 0.338 e. The molecule has 4 N–H and O–H groups in total. The van der Waals surface area contributed by atoms with Crippen molar-refractivity contribution < 1.29 is 23.1 Å². The molecule has 3 aromatic rings. The zero-order chi connectivity index (χ0) is 19.6. The molecule has 0 atom stereocenters. The average molecular weight is 386 g/mol. The van der Waals surface area contributed by atoms with Crippen molar-refractivity contribution in [3.8, 4) is 5.75 Å². The molecule has 0 aromatic heterocycles. The molecular formula is C19H18N2O5S. The highest BCUT2D eigenvalue weighted by Gasteiger charge is 2.21. The van der Waals surface area contributed by atoms with Crippen LogP contribution in [0.1, 0.15) is 17.3 Å². The van der Waals surface area contributed by atoms with Crippen molar-refractivity contribution in [3.63, 3.8) is 0 Å². The van der Waals surface area contributed by atoms with E-state index in [4.69, 9.17) is 10.5 Å². The van der Waals surface area contributed by atoms with Crippen LogP contribution in [0.25, 0.3) is 10.8 Å². The number of carbonyl (C=O) groups is 1. The molecule has 8 heteroatoms. The van der Waals surface area contributed by atoms with E-state index in [1.807, 2.05) is 0 Å². The number of hydrogen-bond acceptors (Lipinski definition) is 6. The van der Waals surface area contributed by atoms with Gasteiger partial charge in [0.05, 0.1) is 12.2 Å². The Morgan fingerprint density at radius 2 is 1.78 bits per heavy atom. The molecule has 0 saturated heterocycles. The number of esters is 1. The topological polar surface area (TPSA) is 119 Å². The lowest BCUT2D eigenvalue weighted by Crippen LogP contribution is -2.13. The highest BCUT2D eigenvalue weighted by atomic mass is 32.2. The predicted octanol–water partition coefficient (Wildman–Crippen LogP) is 3.11. The largest absolute Gasteiger partial charge is 0.506 e. The Kier molecular flexibility index (Phi) is 4.91. The van der Waals surface area contributed by atoms with E-state index in [9.17, 15) is 18.3 Å². The lowest BCUT2D eigenvalue weighted by Gasteiger charge is -2.12. The van der Waals surface area contributed by atoms with Crippen molar-refractivity contribution in [1.82, 2.24) is 0 Å². The molecule has 3 aromatic carbocycles. The molecule has 3 rings (SSSR count). The van der Waals surface area contributed by atoms with Gasteiger partial charge in [0, 0.05) is 22.1 Å². The number of rotatable bonds is 5. The van der Waals surface area contributed by atoms with E-state index < -0.39 is 16.0 Å². The van der Waals surface area contributed by atoms with Gasteiger partial charge in [0.2, 0.25) is 0 Å². The van der Waals surface area contributed by atoms with E-state index in [0.29, 0.717) is 22.0 Å². The maximum absolute atomic E-state index is 12.7. The number of fused-ring (bicyclic) bond motifs is 1. The van der Waals surface area contributed by atoms with E-state index in [0.717, 1.165) is 0 Å². The smallest absolute Gasteiger partial charge is 0.338 e. The van der Waals surface area contributed by atoms with Gasteiger partial charge in [-0.1, -0.05) is 18.2 Å². The lowest BCUT2D eigenvalue weighted by atomic mass is 10.1. The summed E-state index contributed by atoms with van der Waals surface area (Å²) in [4.78, 5) is 11.4. The van der Waals surface area contributed by atoms with Gasteiger partial charge in [-0.25, -0.2) is 13.2 Å². The minimum Gasteiger partial charge on any atom is -0.506 e. The number of hydrogen-bond donors (Lipinski definition) is 3. The summed E-state index contributed by atoms with van der Waals surface area (Å²) in [5, 5.41) is 11.3. The molecule has 7 nitrogen and oxygen atoms in total. The second kappa shape index (κ2) is 7.16. The van der Waals surface area contributed by atoms with Crippen LogP contribution in [-0.4, -0.2) is 26.1 Å². The minimum absolute atomic E-state index is 0.245. The van der Waals surface area contributed by atoms with Crippen LogP contribution >= 0.6 is 0 Å². The quantitative estimate of drug-likeness (QED) is 0.458. The van der Waals surface area contributed by atoms with Crippen LogP contribution in [0.5, 0.6) is 5.75 Å². The van der Waals surface area contributed by atoms with Crippen molar-refractivity contribution in [2.75, 3.05) is 17.1 Å². The number of sulfonamides is 1. The molecule has 0 saturated carbocycles. The highest BCUT2D eigenvalue weighted by Crippen LogP contribution is 2.35. The number of ether oxygens (including phenoxy) is 1. The molecule has 0 unspecified atom stereocenters. The zero-order valence-electron chi connectivity index (χ0n) is 14.5. The predicted molar refractivity (Wildman–Crippen MR) is 103 cm³/mol. The maximum atomic E-state index is 12.7. The van der Waals surface area contributed by atoms with Gasteiger partial charge in [0.25, 0.3) is 10.0 Å². The van der Waals surface area contributed by atoms with Gasteiger partial charge in [-0.3, -0.25) is 4.72 Å². The van der Waals surface area contributed by atoms with E-state index in [-0.39, 0.29) is 22.9 Å². The fourth-order valence-corrected chi connectivity index (χ4v) is 3.83. The second-order valence-corrected chi connectivity index (χ2v) is 7.41. The number of carbonyl (C=O) groups excluding carboxylic acids is 1. The van der Waals surface area contributed by atoms with Crippen molar-refractivity contribution in [2.45, 2.75) is 11.8 Å². The Labute approximate surface area is 156 Å². The van der Waals surface area contributed by atoms with Gasteiger partial charge in [0.1, 0.15) is 10.6 Å². The molecule has 0 aliphatic heterocycles. The molecular weight excluding hydrogens is 368 g/mol. The number of nitrogens with one attached hydrogen (secondary N) is 1. The Morgan fingerprint density at radius 3 is 2.44 bits per heavy atom. The number of nitrogens with two attached hydrogens (primary N) is 1. The molecule has 0 aliphatic carbocycles. The third-order valence-electron chi connectivity index (χ3n) is 3.97. The lowest BCUT2D eigenvalue weighted by molar-refractivity contribution is 0.0526. The summed E-state index contributed by atoms with van der Waals surface area (Å²) in [6.45, 7) is 1.95. The fourth-order valence-electron chi connectivity index (χ4n) is 2.66. The first-order chi connectivity index (χ1) is 12.8. The first-order valence-corrected chi connectivity index (χ1v) is 9.62. The molecule has 0 radical (unpaired) electrons. The normalized spacial score (nSPS) is 11.3. The number of anilines is 2. The molecule has 0 bridgehead atoms. The average Bonchev–Trinajstić information content (AvgIpc) is 2.63. The summed E-state index contributed by atoms with van der Waals surface area (Å²) in [5.41, 5.74) is 6.85. The van der Waals surface area contributed by atoms with Crippen molar-refractivity contribution >= 4 is 38.1 Å². The Hall–Kier alpha value is -3.26. The van der Waals surface area contributed by atoms with Crippen LogP contribution in [0.15, 0.2) is 59.5 Å². The van der Waals surface area contributed by atoms with Gasteiger partial charge < -0.3 is 15.6 Å². The summed E-state index contributed by atoms with van der Waals surface area (Å²) in [6.07, 6.45) is 0.